The molecule has 1 unspecified atom stereocenters. The number of likely N-dealkylation sites (tertiary alicyclic amines) is 1. The van der Waals surface area contributed by atoms with Crippen LogP contribution in [0.4, 0.5) is 4.39 Å². The lowest BCUT2D eigenvalue weighted by atomic mass is 10.1. The maximum atomic E-state index is 14.0. The van der Waals surface area contributed by atoms with Gasteiger partial charge >= 0.3 is 0 Å². The van der Waals surface area contributed by atoms with Crippen molar-refractivity contribution >= 4 is 11.8 Å². The number of ether oxygens (including phenoxy) is 1. The lowest BCUT2D eigenvalue weighted by molar-refractivity contribution is 0.110. The third-order valence-corrected chi connectivity index (χ3v) is 4.72. The van der Waals surface area contributed by atoms with E-state index in [4.69, 9.17) is 4.74 Å². The molecule has 0 N–H and O–H groups in total. The molecule has 0 bridgehead atoms. The van der Waals surface area contributed by atoms with Crippen molar-refractivity contribution < 1.29 is 9.13 Å². The molecule has 1 heterocycles. The molecule has 0 spiro atoms. The van der Waals surface area contributed by atoms with Crippen LogP contribution in [-0.4, -0.2) is 37.4 Å². The predicted octanol–water partition coefficient (Wildman–Crippen LogP) is 3.72. The van der Waals surface area contributed by atoms with E-state index in [1.165, 1.54) is 0 Å². The van der Waals surface area contributed by atoms with Crippen LogP contribution in [0.1, 0.15) is 30.6 Å². The lowest BCUT2D eigenvalue weighted by Gasteiger charge is -2.29. The van der Waals surface area contributed by atoms with Crippen molar-refractivity contribution in [3.05, 3.63) is 29.6 Å². The first kappa shape index (κ1) is 14.7. The van der Waals surface area contributed by atoms with Crippen molar-refractivity contribution in [1.82, 2.24) is 4.90 Å². The number of hydrogen-bond donors (Lipinski definition) is 0. The Kier molecular flexibility index (Phi) is 5.11. The second-order valence-electron chi connectivity index (χ2n) is 5.19. The number of hydrogen-bond acceptors (Lipinski definition) is 3. The highest BCUT2D eigenvalue weighted by Gasteiger charge is 2.19. The van der Waals surface area contributed by atoms with Crippen LogP contribution in [-0.2, 0) is 0 Å². The van der Waals surface area contributed by atoms with Crippen LogP contribution in [0.3, 0.4) is 0 Å². The molecule has 1 fully saturated rings. The number of nitrogens with zero attached hydrogens (tertiary/aromatic N) is 1. The molecule has 0 radical (unpaired) electrons. The van der Waals surface area contributed by atoms with Gasteiger partial charge in [-0.25, -0.2) is 4.39 Å². The molecule has 106 valence electrons. The Morgan fingerprint density at radius 3 is 2.63 bits per heavy atom. The van der Waals surface area contributed by atoms with E-state index in [9.17, 15) is 4.39 Å². The average molecular weight is 283 g/mol. The van der Waals surface area contributed by atoms with Crippen LogP contribution in [0.5, 0.6) is 5.75 Å². The SMILES string of the molecule is CSC(C)c1ccc(OC2CCN(C)CC2)c(F)c1. The zero-order chi connectivity index (χ0) is 13.8. The van der Waals surface area contributed by atoms with E-state index < -0.39 is 0 Å². The summed E-state index contributed by atoms with van der Waals surface area (Å²) in [7, 11) is 2.11. The number of rotatable bonds is 4. The van der Waals surface area contributed by atoms with Gasteiger partial charge in [-0.2, -0.15) is 11.8 Å². The molecule has 1 aromatic rings. The highest BCUT2D eigenvalue weighted by Crippen LogP contribution is 2.30. The molecule has 2 nitrogen and oxygen atoms in total. The molecule has 1 saturated heterocycles. The largest absolute Gasteiger partial charge is 0.487 e. The molecule has 1 aliphatic rings. The maximum Gasteiger partial charge on any atom is 0.165 e. The second kappa shape index (κ2) is 6.62. The van der Waals surface area contributed by atoms with E-state index in [0.29, 0.717) is 11.0 Å². The Hall–Kier alpha value is -0.740. The second-order valence-corrected chi connectivity index (χ2v) is 6.37. The molecular weight excluding hydrogens is 261 g/mol. The predicted molar refractivity (Wildman–Crippen MR) is 79.5 cm³/mol. The zero-order valence-electron chi connectivity index (χ0n) is 11.9. The Bertz CT molecular complexity index is 419. The summed E-state index contributed by atoms with van der Waals surface area (Å²) in [6.45, 7) is 4.12. The standard InChI is InChI=1S/C15H22FNOS/c1-11(19-3)12-4-5-15(14(16)10-12)18-13-6-8-17(2)9-7-13/h4-5,10-11,13H,6-9H2,1-3H3. The molecule has 2 rings (SSSR count). The normalized spacial score (nSPS) is 19.4. The number of thioether (sulfide) groups is 1. The number of piperidine rings is 1. The van der Waals surface area contributed by atoms with Crippen molar-refractivity contribution in [3.8, 4) is 5.75 Å². The van der Waals surface area contributed by atoms with Crippen LogP contribution in [0.2, 0.25) is 0 Å². The van der Waals surface area contributed by atoms with E-state index in [0.717, 1.165) is 31.5 Å². The maximum absolute atomic E-state index is 14.0. The van der Waals surface area contributed by atoms with E-state index in [1.807, 2.05) is 12.3 Å². The van der Waals surface area contributed by atoms with Gasteiger partial charge in [0.05, 0.1) is 0 Å². The van der Waals surface area contributed by atoms with Gasteiger partial charge in [-0.15, -0.1) is 0 Å². The fourth-order valence-electron chi connectivity index (χ4n) is 2.28. The van der Waals surface area contributed by atoms with Gasteiger partial charge in [0.1, 0.15) is 6.10 Å². The molecule has 1 aromatic carbocycles. The van der Waals surface area contributed by atoms with Crippen molar-refractivity contribution in [3.63, 3.8) is 0 Å². The first-order chi connectivity index (χ1) is 9.10. The Balaban J connectivity index is 2.01. The molecule has 1 atom stereocenters. The molecule has 0 saturated carbocycles. The van der Waals surface area contributed by atoms with Gasteiger partial charge in [0.2, 0.25) is 0 Å². The summed E-state index contributed by atoms with van der Waals surface area (Å²) in [4.78, 5) is 2.28. The fraction of sp³-hybridized carbons (Fsp3) is 0.600. The van der Waals surface area contributed by atoms with E-state index >= 15 is 0 Å². The summed E-state index contributed by atoms with van der Waals surface area (Å²) in [5, 5.41) is 0.312. The number of benzene rings is 1. The highest BCUT2D eigenvalue weighted by molar-refractivity contribution is 7.98. The van der Waals surface area contributed by atoms with Gasteiger partial charge in [-0.3, -0.25) is 0 Å². The summed E-state index contributed by atoms with van der Waals surface area (Å²) < 4.78 is 19.8. The van der Waals surface area contributed by atoms with Crippen LogP contribution in [0, 0.1) is 5.82 Å². The van der Waals surface area contributed by atoms with Gasteiger partial charge < -0.3 is 9.64 Å². The summed E-state index contributed by atoms with van der Waals surface area (Å²) in [6.07, 6.45) is 4.12. The Morgan fingerprint density at radius 1 is 1.37 bits per heavy atom. The molecule has 0 amide bonds. The Labute approximate surface area is 119 Å². The van der Waals surface area contributed by atoms with Gasteiger partial charge in [0.25, 0.3) is 0 Å². The smallest absolute Gasteiger partial charge is 0.165 e. The van der Waals surface area contributed by atoms with Gasteiger partial charge in [0, 0.05) is 18.3 Å². The van der Waals surface area contributed by atoms with E-state index in [1.54, 1.807) is 23.9 Å². The molecule has 0 aliphatic carbocycles. The van der Waals surface area contributed by atoms with Gasteiger partial charge in [0.15, 0.2) is 11.6 Å². The minimum atomic E-state index is -0.239. The Morgan fingerprint density at radius 2 is 2.05 bits per heavy atom. The van der Waals surface area contributed by atoms with Crippen LogP contribution in [0.15, 0.2) is 18.2 Å². The average Bonchev–Trinajstić information content (AvgIpc) is 2.42. The van der Waals surface area contributed by atoms with Crippen molar-refractivity contribution in [1.29, 1.82) is 0 Å². The first-order valence-corrected chi connectivity index (χ1v) is 8.06. The molecule has 0 aromatic heterocycles. The minimum absolute atomic E-state index is 0.148. The third kappa shape index (κ3) is 3.86. The minimum Gasteiger partial charge on any atom is -0.487 e. The van der Waals surface area contributed by atoms with Crippen molar-refractivity contribution in [2.75, 3.05) is 26.4 Å². The molecule has 1 aliphatic heterocycles. The lowest BCUT2D eigenvalue weighted by Crippen LogP contribution is -2.35. The van der Waals surface area contributed by atoms with E-state index in [2.05, 4.69) is 18.9 Å². The van der Waals surface area contributed by atoms with Crippen LogP contribution < -0.4 is 4.74 Å². The van der Waals surface area contributed by atoms with E-state index in [-0.39, 0.29) is 11.9 Å². The molecular formula is C15H22FNOS. The van der Waals surface area contributed by atoms with Crippen molar-refractivity contribution in [2.45, 2.75) is 31.1 Å². The molecule has 4 heteroatoms. The summed E-state index contributed by atoms with van der Waals surface area (Å²) in [6, 6.07) is 5.34. The number of halogens is 1. The highest BCUT2D eigenvalue weighted by atomic mass is 32.2. The molecule has 19 heavy (non-hydrogen) atoms. The van der Waals surface area contributed by atoms with Crippen LogP contribution in [0.25, 0.3) is 0 Å². The van der Waals surface area contributed by atoms with Gasteiger partial charge in [-0.05, 0) is 50.8 Å². The zero-order valence-corrected chi connectivity index (χ0v) is 12.7. The monoisotopic (exact) mass is 283 g/mol. The summed E-state index contributed by atoms with van der Waals surface area (Å²) >= 11 is 1.72. The fourth-order valence-corrected chi connectivity index (χ4v) is 2.70. The summed E-state index contributed by atoms with van der Waals surface area (Å²) in [5.41, 5.74) is 1.01. The summed E-state index contributed by atoms with van der Waals surface area (Å²) in [5.74, 6) is 0.156. The van der Waals surface area contributed by atoms with Gasteiger partial charge in [-0.1, -0.05) is 6.07 Å². The first-order valence-electron chi connectivity index (χ1n) is 6.77. The van der Waals surface area contributed by atoms with Crippen LogP contribution >= 0.6 is 11.8 Å². The van der Waals surface area contributed by atoms with Crippen molar-refractivity contribution in [2.24, 2.45) is 0 Å². The quantitative estimate of drug-likeness (QED) is 0.835. The topological polar surface area (TPSA) is 12.5 Å². The third-order valence-electron chi connectivity index (χ3n) is 3.74.